The quantitative estimate of drug-likeness (QED) is 0.653. The molecule has 142 valence electrons. The summed E-state index contributed by atoms with van der Waals surface area (Å²) in [6.07, 6.45) is 2.88. The first kappa shape index (κ1) is 19.1. The lowest BCUT2D eigenvalue weighted by atomic mass is 10.2. The molecule has 3 aromatic rings. The van der Waals surface area contributed by atoms with E-state index in [-0.39, 0.29) is 12.3 Å². The Morgan fingerprint density at radius 3 is 2.78 bits per heavy atom. The minimum absolute atomic E-state index is 0.179. The number of amides is 1. The van der Waals surface area contributed by atoms with Gasteiger partial charge in [-0.1, -0.05) is 13.0 Å². The van der Waals surface area contributed by atoms with E-state index in [1.165, 1.54) is 11.3 Å². The summed E-state index contributed by atoms with van der Waals surface area (Å²) in [5.74, 6) is -0.596. The monoisotopic (exact) mass is 385 g/mol. The van der Waals surface area contributed by atoms with Crippen molar-refractivity contribution in [3.05, 3.63) is 51.8 Å². The lowest BCUT2D eigenvalue weighted by molar-refractivity contribution is -0.115. The minimum Gasteiger partial charge on any atom is -0.462 e. The number of esters is 1. The van der Waals surface area contributed by atoms with Gasteiger partial charge in [0.1, 0.15) is 10.6 Å². The van der Waals surface area contributed by atoms with E-state index in [4.69, 9.17) is 4.74 Å². The number of hydrogen-bond donors (Lipinski definition) is 1. The average Bonchev–Trinajstić information content (AvgIpc) is 3.18. The number of pyridine rings is 1. The molecule has 27 heavy (non-hydrogen) atoms. The standard InChI is InChI=1S/C20H23N3O3S/c1-5-14-10-15(20(25)26-6-2)19(27-14)22-17(24)11-16-13(4)21-18-12(3)8-7-9-23(16)18/h7-10H,5-6,11H2,1-4H3,(H,22,24). The molecule has 1 N–H and O–H groups in total. The van der Waals surface area contributed by atoms with Crippen LogP contribution in [-0.2, 0) is 22.4 Å². The molecule has 3 aromatic heterocycles. The van der Waals surface area contributed by atoms with Gasteiger partial charge in [-0.05, 0) is 44.9 Å². The maximum absolute atomic E-state index is 12.7. The Hall–Kier alpha value is -2.67. The molecule has 0 radical (unpaired) electrons. The number of rotatable bonds is 6. The second-order valence-electron chi connectivity index (χ2n) is 6.28. The molecule has 0 aliphatic carbocycles. The highest BCUT2D eigenvalue weighted by Crippen LogP contribution is 2.29. The highest BCUT2D eigenvalue weighted by atomic mass is 32.1. The first-order chi connectivity index (χ1) is 12.9. The lowest BCUT2D eigenvalue weighted by Gasteiger charge is -2.07. The number of nitrogens with one attached hydrogen (secondary N) is 1. The van der Waals surface area contributed by atoms with Crippen molar-refractivity contribution < 1.29 is 14.3 Å². The van der Waals surface area contributed by atoms with Crippen LogP contribution in [0.25, 0.3) is 5.65 Å². The summed E-state index contributed by atoms with van der Waals surface area (Å²) in [5, 5.41) is 3.43. The predicted octanol–water partition coefficient (Wildman–Crippen LogP) is 3.93. The van der Waals surface area contributed by atoms with Crippen LogP contribution in [0.15, 0.2) is 24.4 Å². The zero-order chi connectivity index (χ0) is 19.6. The molecule has 0 atom stereocenters. The van der Waals surface area contributed by atoms with Crippen molar-refractivity contribution in [2.45, 2.75) is 40.5 Å². The largest absolute Gasteiger partial charge is 0.462 e. The van der Waals surface area contributed by atoms with Crippen LogP contribution in [0.4, 0.5) is 5.00 Å². The second-order valence-corrected chi connectivity index (χ2v) is 7.42. The van der Waals surface area contributed by atoms with Crippen molar-refractivity contribution >= 4 is 33.9 Å². The fraction of sp³-hybridized carbons (Fsp3) is 0.350. The Labute approximate surface area is 162 Å². The number of aromatic nitrogens is 2. The van der Waals surface area contributed by atoms with Gasteiger partial charge in [0.05, 0.1) is 30.0 Å². The van der Waals surface area contributed by atoms with Gasteiger partial charge < -0.3 is 14.5 Å². The summed E-state index contributed by atoms with van der Waals surface area (Å²) in [6, 6.07) is 5.73. The van der Waals surface area contributed by atoms with Crippen LogP contribution in [0, 0.1) is 13.8 Å². The van der Waals surface area contributed by atoms with E-state index in [2.05, 4.69) is 10.3 Å². The van der Waals surface area contributed by atoms with Crippen molar-refractivity contribution in [2.24, 2.45) is 0 Å². The first-order valence-electron chi connectivity index (χ1n) is 8.97. The molecule has 7 heteroatoms. The summed E-state index contributed by atoms with van der Waals surface area (Å²) in [6.45, 7) is 7.97. The molecule has 0 aromatic carbocycles. The Balaban J connectivity index is 1.85. The maximum Gasteiger partial charge on any atom is 0.341 e. The Morgan fingerprint density at radius 1 is 1.30 bits per heavy atom. The van der Waals surface area contributed by atoms with E-state index in [0.29, 0.717) is 17.2 Å². The summed E-state index contributed by atoms with van der Waals surface area (Å²) < 4.78 is 7.05. The molecular formula is C20H23N3O3S. The van der Waals surface area contributed by atoms with Crippen molar-refractivity contribution in [1.82, 2.24) is 9.38 Å². The van der Waals surface area contributed by atoms with Crippen LogP contribution in [-0.4, -0.2) is 27.9 Å². The Bertz CT molecular complexity index is 1000. The highest BCUT2D eigenvalue weighted by molar-refractivity contribution is 7.16. The maximum atomic E-state index is 12.7. The molecule has 6 nitrogen and oxygen atoms in total. The predicted molar refractivity (Wildman–Crippen MR) is 107 cm³/mol. The third kappa shape index (κ3) is 3.88. The molecule has 1 amide bonds. The molecule has 0 fully saturated rings. The normalized spacial score (nSPS) is 11.0. The van der Waals surface area contributed by atoms with Gasteiger partial charge in [0.15, 0.2) is 0 Å². The molecule has 0 saturated heterocycles. The van der Waals surface area contributed by atoms with E-state index < -0.39 is 5.97 Å². The van der Waals surface area contributed by atoms with E-state index in [1.807, 2.05) is 43.5 Å². The first-order valence-corrected chi connectivity index (χ1v) is 9.79. The molecule has 0 aliphatic heterocycles. The van der Waals surface area contributed by atoms with Crippen LogP contribution in [0.1, 0.15) is 46.0 Å². The molecule has 3 heterocycles. The van der Waals surface area contributed by atoms with Crippen LogP contribution in [0.2, 0.25) is 0 Å². The fourth-order valence-electron chi connectivity index (χ4n) is 2.97. The van der Waals surface area contributed by atoms with Crippen LogP contribution >= 0.6 is 11.3 Å². The van der Waals surface area contributed by atoms with Crippen molar-refractivity contribution in [3.63, 3.8) is 0 Å². The van der Waals surface area contributed by atoms with E-state index in [0.717, 1.165) is 33.9 Å². The van der Waals surface area contributed by atoms with Gasteiger partial charge in [-0.3, -0.25) is 4.79 Å². The number of carbonyl (C=O) groups excluding carboxylic acids is 2. The van der Waals surface area contributed by atoms with Gasteiger partial charge >= 0.3 is 5.97 Å². The van der Waals surface area contributed by atoms with Gasteiger partial charge in [-0.15, -0.1) is 11.3 Å². The van der Waals surface area contributed by atoms with Gasteiger partial charge in [0.25, 0.3) is 0 Å². The topological polar surface area (TPSA) is 72.7 Å². The van der Waals surface area contributed by atoms with Crippen LogP contribution in [0.5, 0.6) is 0 Å². The number of nitrogens with zero attached hydrogens (tertiary/aromatic N) is 2. The van der Waals surface area contributed by atoms with E-state index in [9.17, 15) is 9.59 Å². The number of carbonyl (C=O) groups is 2. The number of aryl methyl sites for hydroxylation is 3. The number of fused-ring (bicyclic) bond motifs is 1. The number of thiophene rings is 1. The van der Waals surface area contributed by atoms with Crippen LogP contribution in [0.3, 0.4) is 0 Å². The van der Waals surface area contributed by atoms with E-state index >= 15 is 0 Å². The summed E-state index contributed by atoms with van der Waals surface area (Å²) in [5.41, 5.74) is 4.00. The molecule has 0 unspecified atom stereocenters. The summed E-state index contributed by atoms with van der Waals surface area (Å²) >= 11 is 1.41. The van der Waals surface area contributed by atoms with Gasteiger partial charge in [-0.2, -0.15) is 0 Å². The summed E-state index contributed by atoms with van der Waals surface area (Å²) in [4.78, 5) is 30.5. The van der Waals surface area contributed by atoms with Crippen molar-refractivity contribution in [2.75, 3.05) is 11.9 Å². The number of hydrogen-bond acceptors (Lipinski definition) is 5. The zero-order valence-corrected chi connectivity index (χ0v) is 16.8. The second kappa shape index (κ2) is 7.92. The SMILES string of the molecule is CCOC(=O)c1cc(CC)sc1NC(=O)Cc1c(C)nc2c(C)cccn12. The van der Waals surface area contributed by atoms with Gasteiger partial charge in [-0.25, -0.2) is 9.78 Å². The van der Waals surface area contributed by atoms with Gasteiger partial charge in [0, 0.05) is 11.1 Å². The van der Waals surface area contributed by atoms with Crippen molar-refractivity contribution in [1.29, 1.82) is 0 Å². The molecule has 0 aliphatic rings. The highest BCUT2D eigenvalue weighted by Gasteiger charge is 2.20. The molecule has 0 bridgehead atoms. The number of anilines is 1. The van der Waals surface area contributed by atoms with Gasteiger partial charge in [0.2, 0.25) is 5.91 Å². The van der Waals surface area contributed by atoms with Crippen LogP contribution < -0.4 is 5.32 Å². The number of imidazole rings is 1. The van der Waals surface area contributed by atoms with E-state index in [1.54, 1.807) is 13.0 Å². The minimum atomic E-state index is -0.412. The smallest absolute Gasteiger partial charge is 0.341 e. The molecule has 0 spiro atoms. The van der Waals surface area contributed by atoms with Crippen molar-refractivity contribution in [3.8, 4) is 0 Å². The fourth-order valence-corrected chi connectivity index (χ4v) is 3.97. The average molecular weight is 385 g/mol. The Kier molecular flexibility index (Phi) is 5.60. The third-order valence-electron chi connectivity index (χ3n) is 4.35. The Morgan fingerprint density at radius 2 is 2.07 bits per heavy atom. The molecule has 0 saturated carbocycles. The molecular weight excluding hydrogens is 362 g/mol. The number of ether oxygens (including phenoxy) is 1. The third-order valence-corrected chi connectivity index (χ3v) is 5.55. The lowest BCUT2D eigenvalue weighted by Crippen LogP contribution is -2.17. The zero-order valence-electron chi connectivity index (χ0n) is 16.0. The summed E-state index contributed by atoms with van der Waals surface area (Å²) in [7, 11) is 0. The molecule has 3 rings (SSSR count).